The van der Waals surface area contributed by atoms with E-state index in [4.69, 9.17) is 5.73 Å². The fourth-order valence-electron chi connectivity index (χ4n) is 3.22. The van der Waals surface area contributed by atoms with Gasteiger partial charge in [0.2, 0.25) is 11.8 Å². The van der Waals surface area contributed by atoms with Crippen molar-refractivity contribution in [2.24, 2.45) is 23.5 Å². The van der Waals surface area contributed by atoms with Crippen LogP contribution in [-0.2, 0) is 9.59 Å². The Morgan fingerprint density at radius 1 is 1.21 bits per heavy atom. The number of nitrogens with two attached hydrogens (primary N) is 1. The molecular formula is C15H28N2O2. The Bertz CT molecular complexity index is 299. The van der Waals surface area contributed by atoms with E-state index in [1.54, 1.807) is 0 Å². The van der Waals surface area contributed by atoms with Crippen molar-refractivity contribution < 1.29 is 9.59 Å². The Kier molecular flexibility index (Phi) is 6.89. The van der Waals surface area contributed by atoms with Gasteiger partial charge in [-0.2, -0.15) is 0 Å². The molecule has 0 spiro atoms. The quantitative estimate of drug-likeness (QED) is 0.708. The molecule has 110 valence electrons. The lowest BCUT2D eigenvalue weighted by molar-refractivity contribution is -0.134. The van der Waals surface area contributed by atoms with Crippen LogP contribution >= 0.6 is 0 Å². The lowest BCUT2D eigenvalue weighted by Gasteiger charge is -2.26. The third kappa shape index (κ3) is 4.84. The summed E-state index contributed by atoms with van der Waals surface area (Å²) in [6.07, 6.45) is 7.29. The van der Waals surface area contributed by atoms with Gasteiger partial charge in [-0.1, -0.05) is 39.0 Å². The molecule has 1 saturated carbocycles. The van der Waals surface area contributed by atoms with Crippen molar-refractivity contribution >= 4 is 11.8 Å². The number of rotatable bonds is 8. The minimum absolute atomic E-state index is 0.00616. The van der Waals surface area contributed by atoms with Crippen LogP contribution in [0.4, 0.5) is 0 Å². The van der Waals surface area contributed by atoms with Crippen LogP contribution in [-0.4, -0.2) is 18.4 Å². The number of primary amides is 1. The van der Waals surface area contributed by atoms with E-state index in [0.717, 1.165) is 12.8 Å². The van der Waals surface area contributed by atoms with Crippen molar-refractivity contribution in [2.45, 2.75) is 58.8 Å². The SMILES string of the molecule is CCC[C@H](C(N)=O)C(CC1CCCC1)C(=O)NCC. The third-order valence-electron chi connectivity index (χ3n) is 4.20. The van der Waals surface area contributed by atoms with Gasteiger partial charge in [-0.3, -0.25) is 9.59 Å². The molecule has 0 aromatic carbocycles. The number of nitrogens with one attached hydrogen (secondary N) is 1. The van der Waals surface area contributed by atoms with Crippen LogP contribution in [0.25, 0.3) is 0 Å². The number of hydrogen-bond donors (Lipinski definition) is 2. The van der Waals surface area contributed by atoms with E-state index < -0.39 is 0 Å². The van der Waals surface area contributed by atoms with Crippen LogP contribution < -0.4 is 11.1 Å². The maximum absolute atomic E-state index is 12.2. The molecule has 2 amide bonds. The Balaban J connectivity index is 2.75. The molecule has 1 unspecified atom stereocenters. The topological polar surface area (TPSA) is 72.2 Å². The van der Waals surface area contributed by atoms with E-state index >= 15 is 0 Å². The summed E-state index contributed by atoms with van der Waals surface area (Å²) in [7, 11) is 0. The average Bonchev–Trinajstić information content (AvgIpc) is 2.86. The molecular weight excluding hydrogens is 240 g/mol. The first-order valence-corrected chi connectivity index (χ1v) is 7.67. The van der Waals surface area contributed by atoms with Gasteiger partial charge in [-0.15, -0.1) is 0 Å². The molecule has 19 heavy (non-hydrogen) atoms. The Morgan fingerprint density at radius 2 is 1.84 bits per heavy atom. The summed E-state index contributed by atoms with van der Waals surface area (Å²) in [5.74, 6) is -0.272. The second kappa shape index (κ2) is 8.18. The second-order valence-electron chi connectivity index (χ2n) is 5.68. The van der Waals surface area contributed by atoms with Gasteiger partial charge in [-0.05, 0) is 25.7 Å². The Morgan fingerprint density at radius 3 is 2.32 bits per heavy atom. The predicted octanol–water partition coefficient (Wildman–Crippen LogP) is 2.22. The van der Waals surface area contributed by atoms with E-state index in [0.29, 0.717) is 18.9 Å². The molecule has 1 aliphatic rings. The zero-order valence-corrected chi connectivity index (χ0v) is 12.3. The molecule has 0 heterocycles. The summed E-state index contributed by atoms with van der Waals surface area (Å²) in [5, 5.41) is 2.87. The minimum Gasteiger partial charge on any atom is -0.369 e. The molecule has 0 aliphatic heterocycles. The minimum atomic E-state index is -0.323. The maximum Gasteiger partial charge on any atom is 0.223 e. The lowest BCUT2D eigenvalue weighted by atomic mass is 9.80. The third-order valence-corrected chi connectivity index (χ3v) is 4.20. The molecule has 0 aromatic rings. The van der Waals surface area contributed by atoms with Crippen LogP contribution in [0.3, 0.4) is 0 Å². The first-order valence-electron chi connectivity index (χ1n) is 7.67. The normalized spacial score (nSPS) is 19.1. The summed E-state index contributed by atoms with van der Waals surface area (Å²) in [5.41, 5.74) is 5.51. The first kappa shape index (κ1) is 16.0. The monoisotopic (exact) mass is 268 g/mol. The lowest BCUT2D eigenvalue weighted by Crippen LogP contribution is -2.41. The van der Waals surface area contributed by atoms with E-state index in [1.807, 2.05) is 13.8 Å². The van der Waals surface area contributed by atoms with Gasteiger partial charge < -0.3 is 11.1 Å². The largest absolute Gasteiger partial charge is 0.369 e. The highest BCUT2D eigenvalue weighted by Gasteiger charge is 2.34. The number of amides is 2. The number of carbonyl (C=O) groups is 2. The predicted molar refractivity (Wildman–Crippen MR) is 76.3 cm³/mol. The highest BCUT2D eigenvalue weighted by atomic mass is 16.2. The zero-order valence-electron chi connectivity index (χ0n) is 12.3. The van der Waals surface area contributed by atoms with Crippen LogP contribution in [0, 0.1) is 17.8 Å². The maximum atomic E-state index is 12.2. The molecule has 1 aliphatic carbocycles. The van der Waals surface area contributed by atoms with Crippen LogP contribution in [0.15, 0.2) is 0 Å². The fraction of sp³-hybridized carbons (Fsp3) is 0.867. The summed E-state index contributed by atoms with van der Waals surface area (Å²) in [6, 6.07) is 0. The molecule has 3 N–H and O–H groups in total. The zero-order chi connectivity index (χ0) is 14.3. The molecule has 1 rings (SSSR count). The standard InChI is InChI=1S/C15H28N2O2/c1-3-7-12(14(16)18)13(15(19)17-4-2)10-11-8-5-6-9-11/h11-13H,3-10H2,1-2H3,(H2,16,18)(H,17,19)/t12-,13?/m0/s1. The number of carbonyl (C=O) groups excluding carboxylic acids is 2. The smallest absolute Gasteiger partial charge is 0.223 e. The highest BCUT2D eigenvalue weighted by Crippen LogP contribution is 2.34. The second-order valence-corrected chi connectivity index (χ2v) is 5.68. The summed E-state index contributed by atoms with van der Waals surface area (Å²) in [6.45, 7) is 4.54. The van der Waals surface area contributed by atoms with Crippen molar-refractivity contribution in [2.75, 3.05) is 6.54 Å². The molecule has 0 bridgehead atoms. The van der Waals surface area contributed by atoms with Crippen molar-refractivity contribution in [1.82, 2.24) is 5.32 Å². The molecule has 1 fully saturated rings. The van der Waals surface area contributed by atoms with E-state index in [9.17, 15) is 9.59 Å². The van der Waals surface area contributed by atoms with Crippen molar-refractivity contribution in [3.05, 3.63) is 0 Å². The van der Waals surface area contributed by atoms with Crippen LogP contribution in [0.2, 0.25) is 0 Å². The Labute approximate surface area is 116 Å². The number of hydrogen-bond acceptors (Lipinski definition) is 2. The van der Waals surface area contributed by atoms with Gasteiger partial charge in [0.25, 0.3) is 0 Å². The van der Waals surface area contributed by atoms with Crippen molar-refractivity contribution in [1.29, 1.82) is 0 Å². The van der Waals surface area contributed by atoms with Gasteiger partial charge >= 0.3 is 0 Å². The van der Waals surface area contributed by atoms with Crippen molar-refractivity contribution in [3.63, 3.8) is 0 Å². The molecule has 0 radical (unpaired) electrons. The molecule has 0 aromatic heterocycles. The fourth-order valence-corrected chi connectivity index (χ4v) is 3.22. The molecule has 2 atom stereocenters. The van der Waals surface area contributed by atoms with Gasteiger partial charge in [0, 0.05) is 18.4 Å². The molecule has 0 saturated heterocycles. The van der Waals surface area contributed by atoms with Crippen LogP contribution in [0.1, 0.15) is 58.8 Å². The molecule has 4 nitrogen and oxygen atoms in total. The molecule has 4 heteroatoms. The van der Waals surface area contributed by atoms with E-state index in [2.05, 4.69) is 5.32 Å². The van der Waals surface area contributed by atoms with Gasteiger partial charge in [-0.25, -0.2) is 0 Å². The van der Waals surface area contributed by atoms with Crippen molar-refractivity contribution in [3.8, 4) is 0 Å². The average molecular weight is 268 g/mol. The van der Waals surface area contributed by atoms with E-state index in [-0.39, 0.29) is 23.7 Å². The summed E-state index contributed by atoms with van der Waals surface area (Å²) >= 11 is 0. The van der Waals surface area contributed by atoms with Gasteiger partial charge in [0.15, 0.2) is 0 Å². The first-order chi connectivity index (χ1) is 9.10. The summed E-state index contributed by atoms with van der Waals surface area (Å²) < 4.78 is 0. The van der Waals surface area contributed by atoms with E-state index in [1.165, 1.54) is 25.7 Å². The van der Waals surface area contributed by atoms with Gasteiger partial charge in [0.05, 0.1) is 0 Å². The van der Waals surface area contributed by atoms with Crippen LogP contribution in [0.5, 0.6) is 0 Å². The highest BCUT2D eigenvalue weighted by molar-refractivity contribution is 5.86. The van der Waals surface area contributed by atoms with Gasteiger partial charge in [0.1, 0.15) is 0 Å². The Hall–Kier alpha value is -1.06. The summed E-state index contributed by atoms with van der Waals surface area (Å²) in [4.78, 5) is 23.9.